The maximum Gasteiger partial charge on any atom is 0.276 e. The largest absolute Gasteiger partial charge is 0.394 e. The van der Waals surface area contributed by atoms with Gasteiger partial charge < -0.3 is 15.4 Å². The van der Waals surface area contributed by atoms with Crippen LogP contribution in [0.4, 0.5) is 5.69 Å². The van der Waals surface area contributed by atoms with Crippen LogP contribution < -0.4 is 10.6 Å². The van der Waals surface area contributed by atoms with E-state index in [2.05, 4.69) is 0 Å². The number of nitrogens with two attached hydrogens (primary N) is 1. The first-order chi connectivity index (χ1) is 10.4. The van der Waals surface area contributed by atoms with E-state index in [-0.39, 0.29) is 11.3 Å². The third-order valence-electron chi connectivity index (χ3n) is 4.23. The van der Waals surface area contributed by atoms with E-state index in [1.165, 1.54) is 19.1 Å². The van der Waals surface area contributed by atoms with Gasteiger partial charge in [-0.2, -0.15) is 0 Å². The Hall–Kier alpha value is -2.67. The number of fused-ring (bicyclic) bond motifs is 1. The topological polar surface area (TPSA) is 92.9 Å². The number of anilines is 1. The van der Waals surface area contributed by atoms with Crippen molar-refractivity contribution in [3.05, 3.63) is 41.1 Å². The third-order valence-corrected chi connectivity index (χ3v) is 4.23. The molecule has 7 heteroatoms. The van der Waals surface area contributed by atoms with Crippen LogP contribution in [0.1, 0.15) is 5.56 Å². The van der Waals surface area contributed by atoms with Gasteiger partial charge in [0.15, 0.2) is 0 Å². The van der Waals surface area contributed by atoms with Gasteiger partial charge in [0.1, 0.15) is 5.70 Å². The van der Waals surface area contributed by atoms with Crippen LogP contribution in [0.3, 0.4) is 0 Å². The van der Waals surface area contributed by atoms with Crippen LogP contribution in [0.15, 0.2) is 35.5 Å². The Morgan fingerprint density at radius 1 is 1.05 bits per heavy atom. The van der Waals surface area contributed by atoms with Gasteiger partial charge in [-0.25, -0.2) is 0 Å². The molecule has 3 amide bonds. The number of hydrogen-bond donors (Lipinski definition) is 1. The number of benzene rings is 1. The lowest BCUT2D eigenvalue weighted by molar-refractivity contribution is -0.142. The fraction of sp³-hybridized carbons (Fsp3) is 0.267. The number of hydrogen-bond acceptors (Lipinski definition) is 5. The van der Waals surface area contributed by atoms with Crippen molar-refractivity contribution in [1.29, 1.82) is 0 Å². The molecule has 0 spiro atoms. The lowest BCUT2D eigenvalue weighted by Crippen LogP contribution is -2.45. The lowest BCUT2D eigenvalue weighted by Gasteiger charge is -2.27. The van der Waals surface area contributed by atoms with Gasteiger partial charge in [-0.3, -0.25) is 19.3 Å². The van der Waals surface area contributed by atoms with E-state index in [0.717, 1.165) is 4.90 Å². The lowest BCUT2D eigenvalue weighted by atomic mass is 9.86. The highest BCUT2D eigenvalue weighted by Crippen LogP contribution is 2.48. The second kappa shape index (κ2) is 4.41. The van der Waals surface area contributed by atoms with E-state index in [0.29, 0.717) is 11.3 Å². The molecule has 1 aromatic rings. The molecule has 2 N–H and O–H groups in total. The molecule has 2 aliphatic rings. The van der Waals surface area contributed by atoms with Gasteiger partial charge in [0, 0.05) is 26.8 Å². The highest BCUT2D eigenvalue weighted by molar-refractivity contribution is 6.24. The van der Waals surface area contributed by atoms with Crippen molar-refractivity contribution in [2.75, 3.05) is 26.1 Å². The molecule has 7 nitrogen and oxygen atoms in total. The van der Waals surface area contributed by atoms with Gasteiger partial charge in [-0.15, -0.1) is 0 Å². The Kier molecular flexibility index (Phi) is 2.86. The Morgan fingerprint density at radius 2 is 1.68 bits per heavy atom. The molecule has 0 saturated carbocycles. The third kappa shape index (κ3) is 1.41. The molecule has 1 aromatic carbocycles. The molecule has 2 aliphatic heterocycles. The second-order valence-electron chi connectivity index (χ2n) is 5.22. The first kappa shape index (κ1) is 14.3. The zero-order valence-corrected chi connectivity index (χ0v) is 12.4. The van der Waals surface area contributed by atoms with E-state index >= 15 is 0 Å². The molecule has 1 unspecified atom stereocenters. The van der Waals surface area contributed by atoms with E-state index in [4.69, 9.17) is 10.5 Å². The molecule has 0 aliphatic carbocycles. The quantitative estimate of drug-likeness (QED) is 0.758. The van der Waals surface area contributed by atoms with Crippen molar-refractivity contribution in [2.24, 2.45) is 5.73 Å². The Morgan fingerprint density at radius 3 is 2.23 bits per heavy atom. The predicted molar refractivity (Wildman–Crippen MR) is 77.5 cm³/mol. The summed E-state index contributed by atoms with van der Waals surface area (Å²) in [4.78, 5) is 39.6. The molecule has 114 valence electrons. The van der Waals surface area contributed by atoms with Crippen LogP contribution in [-0.4, -0.2) is 43.8 Å². The maximum atomic E-state index is 12.8. The number of rotatable bonds is 2. The fourth-order valence-electron chi connectivity index (χ4n) is 3.07. The summed E-state index contributed by atoms with van der Waals surface area (Å²) in [7, 11) is 4.23. The van der Waals surface area contributed by atoms with Gasteiger partial charge in [0.05, 0.1) is 11.3 Å². The molecule has 22 heavy (non-hydrogen) atoms. The van der Waals surface area contributed by atoms with Crippen molar-refractivity contribution in [3.8, 4) is 0 Å². The van der Waals surface area contributed by atoms with Gasteiger partial charge >= 0.3 is 0 Å². The van der Waals surface area contributed by atoms with E-state index in [1.807, 2.05) is 0 Å². The number of nitrogens with zero attached hydrogens (tertiary/aromatic N) is 2. The highest BCUT2D eigenvalue weighted by Gasteiger charge is 2.59. The molecule has 1 atom stereocenters. The molecular formula is C15H15N3O4. The number of amides is 3. The summed E-state index contributed by atoms with van der Waals surface area (Å²) in [5.74, 6) is -1.70. The number of para-hydroxylation sites is 1. The molecule has 0 radical (unpaired) electrons. The summed E-state index contributed by atoms with van der Waals surface area (Å²) in [6, 6.07) is 6.95. The average molecular weight is 301 g/mol. The van der Waals surface area contributed by atoms with Crippen LogP contribution in [0.25, 0.3) is 0 Å². The zero-order valence-electron chi connectivity index (χ0n) is 12.4. The molecular weight excluding hydrogens is 286 g/mol. The smallest absolute Gasteiger partial charge is 0.276 e. The van der Waals surface area contributed by atoms with Crippen LogP contribution in [0.2, 0.25) is 0 Å². The summed E-state index contributed by atoms with van der Waals surface area (Å²) in [6.07, 6.45) is 0. The fourth-order valence-corrected chi connectivity index (χ4v) is 3.07. The zero-order chi connectivity index (χ0) is 16.2. The van der Waals surface area contributed by atoms with Crippen molar-refractivity contribution < 1.29 is 19.1 Å². The number of likely N-dealkylation sites (N-methyl/N-ethyl adjacent to an activating group) is 2. The van der Waals surface area contributed by atoms with Crippen LogP contribution >= 0.6 is 0 Å². The minimum atomic E-state index is -1.69. The highest BCUT2D eigenvalue weighted by atomic mass is 16.5. The number of ether oxygens (including phenoxy) is 1. The predicted octanol–water partition coefficient (Wildman–Crippen LogP) is -0.284. The number of imide groups is 1. The summed E-state index contributed by atoms with van der Waals surface area (Å²) in [6.45, 7) is 0. The SMILES string of the molecule is COC1(C2=C(N)C(=O)N(C)C2=O)C(=O)N(C)c2ccccc21. The minimum absolute atomic E-state index is 0.121. The summed E-state index contributed by atoms with van der Waals surface area (Å²) in [5.41, 5.74) is 4.88. The van der Waals surface area contributed by atoms with Crippen LogP contribution in [0, 0.1) is 0 Å². The first-order valence-electron chi connectivity index (χ1n) is 6.63. The standard InChI is InChI=1S/C15H15N3O4/c1-17-9-7-5-4-6-8(9)15(22-3,14(17)21)10-11(16)13(20)18(2)12(10)19/h4-7H,16H2,1-3H3. The maximum absolute atomic E-state index is 12.8. The number of carbonyl (C=O) groups is 3. The van der Waals surface area contributed by atoms with Crippen LogP contribution in [-0.2, 0) is 24.7 Å². The van der Waals surface area contributed by atoms with Gasteiger partial charge in [0.2, 0.25) is 5.60 Å². The normalized spacial score (nSPS) is 24.6. The Labute approximate surface area is 126 Å². The van der Waals surface area contributed by atoms with E-state index < -0.39 is 23.3 Å². The minimum Gasteiger partial charge on any atom is -0.394 e. The molecule has 3 rings (SSSR count). The number of methoxy groups -OCH3 is 1. The molecule has 2 heterocycles. The Bertz CT molecular complexity index is 755. The van der Waals surface area contributed by atoms with Gasteiger partial charge in [-0.1, -0.05) is 18.2 Å². The number of carbonyl (C=O) groups excluding carboxylic acids is 3. The van der Waals surface area contributed by atoms with Crippen molar-refractivity contribution >= 4 is 23.4 Å². The molecule has 0 bridgehead atoms. The van der Waals surface area contributed by atoms with Crippen molar-refractivity contribution in [1.82, 2.24) is 4.90 Å². The van der Waals surface area contributed by atoms with Crippen LogP contribution in [0.5, 0.6) is 0 Å². The summed E-state index contributed by atoms with van der Waals surface area (Å²) < 4.78 is 5.50. The van der Waals surface area contributed by atoms with Gasteiger partial charge in [-0.05, 0) is 6.07 Å². The molecule has 0 fully saturated rings. The van der Waals surface area contributed by atoms with Crippen molar-refractivity contribution in [2.45, 2.75) is 5.60 Å². The average Bonchev–Trinajstić information content (AvgIpc) is 2.86. The first-order valence-corrected chi connectivity index (χ1v) is 6.63. The summed E-state index contributed by atoms with van der Waals surface area (Å²) in [5, 5.41) is 0. The monoisotopic (exact) mass is 301 g/mol. The Balaban J connectivity index is 2.34. The summed E-state index contributed by atoms with van der Waals surface area (Å²) >= 11 is 0. The molecule has 0 aromatic heterocycles. The second-order valence-corrected chi connectivity index (χ2v) is 5.22. The van der Waals surface area contributed by atoms with E-state index in [1.54, 1.807) is 31.3 Å². The van der Waals surface area contributed by atoms with E-state index in [9.17, 15) is 14.4 Å². The molecule has 0 saturated heterocycles. The van der Waals surface area contributed by atoms with Gasteiger partial charge in [0.25, 0.3) is 17.7 Å². The van der Waals surface area contributed by atoms with Crippen molar-refractivity contribution in [3.63, 3.8) is 0 Å².